The minimum absolute atomic E-state index is 0.166. The van der Waals surface area contributed by atoms with Crippen molar-refractivity contribution in [2.75, 3.05) is 37.5 Å². The fraction of sp³-hybridized carbons (Fsp3) is 0.375. The number of nitrogens with one attached hydrogen (secondary N) is 1. The van der Waals surface area contributed by atoms with Gasteiger partial charge in [0.1, 0.15) is 0 Å². The van der Waals surface area contributed by atoms with E-state index in [0.29, 0.717) is 0 Å². The number of ether oxygens (including phenoxy) is 2. The molecule has 120 valence electrons. The second-order valence-electron chi connectivity index (χ2n) is 4.58. The smallest absolute Gasteiger partial charge is 0.347 e. The lowest BCUT2D eigenvalue weighted by Crippen LogP contribution is -2.19. The molecule has 1 aromatic carbocycles. The molecule has 6 heteroatoms. The molecule has 0 aliphatic rings. The Morgan fingerprint density at radius 2 is 1.55 bits per heavy atom. The molecule has 1 aromatic rings. The lowest BCUT2D eigenvalue weighted by molar-refractivity contribution is -0.146. The van der Waals surface area contributed by atoms with Crippen LogP contribution in [0.25, 0.3) is 0 Å². The highest BCUT2D eigenvalue weighted by Crippen LogP contribution is 2.16. The van der Waals surface area contributed by atoms with Gasteiger partial charge in [-0.25, -0.2) is 9.59 Å². The van der Waals surface area contributed by atoms with Crippen molar-refractivity contribution in [3.05, 3.63) is 36.0 Å². The van der Waals surface area contributed by atoms with Crippen LogP contribution in [0.5, 0.6) is 0 Å². The summed E-state index contributed by atoms with van der Waals surface area (Å²) in [6.07, 6.45) is 1.31. The molecule has 0 radical (unpaired) electrons. The lowest BCUT2D eigenvalue weighted by Gasteiger charge is -2.13. The molecule has 0 bridgehead atoms. The van der Waals surface area contributed by atoms with E-state index < -0.39 is 11.9 Å². The number of nitrogens with zero attached hydrogens (tertiary/aromatic N) is 1. The van der Waals surface area contributed by atoms with E-state index in [4.69, 9.17) is 9.47 Å². The maximum Gasteiger partial charge on any atom is 0.347 e. The molecule has 0 fully saturated rings. The number of hydrogen-bond donors (Lipinski definition) is 1. The zero-order valence-corrected chi connectivity index (χ0v) is 13.4. The number of benzene rings is 1. The molecule has 0 saturated carbocycles. The number of carbonyl (C=O) groups is 2. The first-order valence-corrected chi connectivity index (χ1v) is 7.07. The molecule has 0 spiro atoms. The Bertz CT molecular complexity index is 516. The maximum atomic E-state index is 11.8. The minimum Gasteiger partial charge on any atom is -0.462 e. The van der Waals surface area contributed by atoms with Gasteiger partial charge in [-0.15, -0.1) is 0 Å². The van der Waals surface area contributed by atoms with E-state index in [1.807, 2.05) is 43.3 Å². The molecular formula is C16H22N2O4. The number of anilines is 2. The summed E-state index contributed by atoms with van der Waals surface area (Å²) in [5, 5.41) is 2.91. The Morgan fingerprint density at radius 3 is 1.95 bits per heavy atom. The van der Waals surface area contributed by atoms with Gasteiger partial charge in [0.2, 0.25) is 0 Å². The van der Waals surface area contributed by atoms with Crippen LogP contribution >= 0.6 is 0 Å². The van der Waals surface area contributed by atoms with E-state index in [-0.39, 0.29) is 18.8 Å². The summed E-state index contributed by atoms with van der Waals surface area (Å²) in [7, 11) is 3.89. The largest absolute Gasteiger partial charge is 0.462 e. The first-order valence-electron chi connectivity index (χ1n) is 7.07. The Hall–Kier alpha value is -2.50. The molecule has 0 aromatic heterocycles. The van der Waals surface area contributed by atoms with Crippen molar-refractivity contribution in [3.63, 3.8) is 0 Å². The Labute approximate surface area is 130 Å². The van der Waals surface area contributed by atoms with E-state index in [1.54, 1.807) is 13.8 Å². The fourth-order valence-electron chi connectivity index (χ4n) is 1.63. The Kier molecular flexibility index (Phi) is 6.95. The monoisotopic (exact) mass is 306 g/mol. The van der Waals surface area contributed by atoms with E-state index in [9.17, 15) is 9.59 Å². The van der Waals surface area contributed by atoms with Gasteiger partial charge in [0, 0.05) is 31.7 Å². The molecular weight excluding hydrogens is 284 g/mol. The van der Waals surface area contributed by atoms with E-state index >= 15 is 0 Å². The molecule has 0 aliphatic carbocycles. The molecule has 0 saturated heterocycles. The summed E-state index contributed by atoms with van der Waals surface area (Å²) in [4.78, 5) is 25.5. The van der Waals surface area contributed by atoms with Gasteiger partial charge in [0.25, 0.3) is 0 Å². The first-order chi connectivity index (χ1) is 10.5. The molecule has 6 nitrogen and oxygen atoms in total. The third kappa shape index (κ3) is 5.12. The SMILES string of the molecule is CCOC(=O)C(=CNc1ccc(N(C)C)cc1)C(=O)OCC. The topological polar surface area (TPSA) is 67.9 Å². The van der Waals surface area contributed by atoms with Crippen molar-refractivity contribution in [1.29, 1.82) is 0 Å². The molecule has 22 heavy (non-hydrogen) atoms. The average Bonchev–Trinajstić information content (AvgIpc) is 2.48. The van der Waals surface area contributed by atoms with Crippen molar-refractivity contribution in [2.45, 2.75) is 13.8 Å². The zero-order chi connectivity index (χ0) is 16.5. The summed E-state index contributed by atoms with van der Waals surface area (Å²) in [6, 6.07) is 7.54. The highest BCUT2D eigenvalue weighted by molar-refractivity contribution is 6.14. The van der Waals surface area contributed by atoms with Gasteiger partial charge in [0.15, 0.2) is 5.57 Å². The number of esters is 2. The summed E-state index contributed by atoms with van der Waals surface area (Å²) < 4.78 is 9.71. The molecule has 0 atom stereocenters. The van der Waals surface area contributed by atoms with Gasteiger partial charge >= 0.3 is 11.9 Å². The molecule has 1 N–H and O–H groups in total. The Morgan fingerprint density at radius 1 is 1.05 bits per heavy atom. The fourth-order valence-corrected chi connectivity index (χ4v) is 1.63. The maximum absolute atomic E-state index is 11.8. The predicted molar refractivity (Wildman–Crippen MR) is 85.7 cm³/mol. The second kappa shape index (κ2) is 8.71. The van der Waals surface area contributed by atoms with Crippen molar-refractivity contribution in [2.24, 2.45) is 0 Å². The van der Waals surface area contributed by atoms with Gasteiger partial charge in [-0.3, -0.25) is 0 Å². The molecule has 0 amide bonds. The van der Waals surface area contributed by atoms with Gasteiger partial charge in [0.05, 0.1) is 13.2 Å². The molecule has 0 aliphatic heterocycles. The van der Waals surface area contributed by atoms with Crippen LogP contribution in [0.1, 0.15) is 13.8 Å². The quantitative estimate of drug-likeness (QED) is 0.360. The second-order valence-corrected chi connectivity index (χ2v) is 4.58. The van der Waals surface area contributed by atoms with Crippen LogP contribution in [0, 0.1) is 0 Å². The average molecular weight is 306 g/mol. The van der Waals surface area contributed by atoms with Crippen LogP contribution < -0.4 is 10.2 Å². The van der Waals surface area contributed by atoms with E-state index in [1.165, 1.54) is 6.20 Å². The Balaban J connectivity index is 2.87. The van der Waals surface area contributed by atoms with Gasteiger partial charge in [-0.1, -0.05) is 0 Å². The van der Waals surface area contributed by atoms with E-state index in [2.05, 4.69) is 5.32 Å². The van der Waals surface area contributed by atoms with Crippen LogP contribution in [-0.4, -0.2) is 39.2 Å². The number of carbonyl (C=O) groups excluding carboxylic acids is 2. The van der Waals surface area contributed by atoms with Crippen LogP contribution in [0.3, 0.4) is 0 Å². The van der Waals surface area contributed by atoms with Crippen molar-refractivity contribution in [3.8, 4) is 0 Å². The zero-order valence-electron chi connectivity index (χ0n) is 13.4. The van der Waals surface area contributed by atoms with Gasteiger partial charge in [-0.05, 0) is 38.1 Å². The third-order valence-electron chi connectivity index (χ3n) is 2.76. The molecule has 0 unspecified atom stereocenters. The van der Waals surface area contributed by atoms with Gasteiger partial charge < -0.3 is 19.7 Å². The summed E-state index contributed by atoms with van der Waals surface area (Å²) >= 11 is 0. The van der Waals surface area contributed by atoms with Crippen LogP contribution in [0.4, 0.5) is 11.4 Å². The highest BCUT2D eigenvalue weighted by Gasteiger charge is 2.20. The van der Waals surface area contributed by atoms with Crippen molar-refractivity contribution < 1.29 is 19.1 Å². The third-order valence-corrected chi connectivity index (χ3v) is 2.76. The summed E-state index contributed by atoms with van der Waals surface area (Å²) in [5.41, 5.74) is 1.63. The van der Waals surface area contributed by atoms with Crippen molar-refractivity contribution >= 4 is 23.3 Å². The van der Waals surface area contributed by atoms with E-state index in [0.717, 1.165) is 11.4 Å². The minimum atomic E-state index is -0.710. The normalized spacial score (nSPS) is 9.64. The van der Waals surface area contributed by atoms with Crippen LogP contribution in [0.2, 0.25) is 0 Å². The van der Waals surface area contributed by atoms with Crippen molar-refractivity contribution in [1.82, 2.24) is 0 Å². The number of rotatable bonds is 7. The molecule has 1 rings (SSSR count). The van der Waals surface area contributed by atoms with Gasteiger partial charge in [-0.2, -0.15) is 0 Å². The van der Waals surface area contributed by atoms with Crippen LogP contribution in [0.15, 0.2) is 36.0 Å². The molecule has 0 heterocycles. The first kappa shape index (κ1) is 17.6. The summed E-state index contributed by atoms with van der Waals surface area (Å²) in [6.45, 7) is 3.72. The lowest BCUT2D eigenvalue weighted by atomic mass is 10.2. The van der Waals surface area contributed by atoms with Crippen LogP contribution in [-0.2, 0) is 19.1 Å². The predicted octanol–water partition coefficient (Wildman–Crippen LogP) is 2.17. The standard InChI is InChI=1S/C16H22N2O4/c1-5-21-15(19)14(16(20)22-6-2)11-17-12-7-9-13(10-8-12)18(3)4/h7-11,17H,5-6H2,1-4H3. The highest BCUT2D eigenvalue weighted by atomic mass is 16.6. The summed E-state index contributed by atoms with van der Waals surface area (Å²) in [5.74, 6) is -1.42. The number of hydrogen-bond acceptors (Lipinski definition) is 6.